The summed E-state index contributed by atoms with van der Waals surface area (Å²) < 4.78 is 30.0. The molecule has 0 bridgehead atoms. The van der Waals surface area contributed by atoms with Crippen LogP contribution in [-0.4, -0.2) is 15.5 Å². The van der Waals surface area contributed by atoms with Gasteiger partial charge in [0.25, 0.3) is 5.56 Å². The SMILES string of the molecule is CCc1nc2c(sc3cccc(F)c32)c(=O)n1CC(=O)Nc1cc(F)ccc1C. The predicted octanol–water partition coefficient (Wildman–Crippen LogP) is 4.40. The van der Waals surface area contributed by atoms with Gasteiger partial charge in [-0.15, -0.1) is 11.3 Å². The van der Waals surface area contributed by atoms with E-state index in [1.165, 1.54) is 22.8 Å². The molecule has 0 atom stereocenters. The highest BCUT2D eigenvalue weighted by molar-refractivity contribution is 7.25. The molecule has 5 nitrogen and oxygen atoms in total. The molecule has 4 aromatic rings. The van der Waals surface area contributed by atoms with Crippen molar-refractivity contribution in [2.75, 3.05) is 5.32 Å². The lowest BCUT2D eigenvalue weighted by atomic mass is 10.2. The van der Waals surface area contributed by atoms with E-state index >= 15 is 0 Å². The zero-order valence-electron chi connectivity index (χ0n) is 15.8. The Labute approximate surface area is 168 Å². The number of carbonyl (C=O) groups is 1. The number of nitrogens with zero attached hydrogens (tertiary/aromatic N) is 2. The third kappa shape index (κ3) is 3.40. The molecule has 2 aromatic carbocycles. The average molecular weight is 413 g/mol. The maximum absolute atomic E-state index is 14.3. The summed E-state index contributed by atoms with van der Waals surface area (Å²) in [5.41, 5.74) is 0.983. The first-order chi connectivity index (χ1) is 13.9. The minimum absolute atomic E-state index is 0.266. The van der Waals surface area contributed by atoms with Crippen molar-refractivity contribution in [1.82, 2.24) is 9.55 Å². The Morgan fingerprint density at radius 2 is 2.03 bits per heavy atom. The number of benzene rings is 2. The highest BCUT2D eigenvalue weighted by atomic mass is 32.1. The third-order valence-electron chi connectivity index (χ3n) is 4.72. The lowest BCUT2D eigenvalue weighted by Gasteiger charge is -2.13. The molecule has 1 N–H and O–H groups in total. The Balaban J connectivity index is 1.77. The molecule has 4 rings (SSSR count). The fraction of sp³-hybridized carbons (Fsp3) is 0.190. The number of hydrogen-bond acceptors (Lipinski definition) is 4. The maximum atomic E-state index is 14.3. The van der Waals surface area contributed by atoms with Crippen molar-refractivity contribution in [2.24, 2.45) is 0 Å². The number of nitrogens with one attached hydrogen (secondary N) is 1. The largest absolute Gasteiger partial charge is 0.324 e. The monoisotopic (exact) mass is 413 g/mol. The highest BCUT2D eigenvalue weighted by Crippen LogP contribution is 2.32. The number of carbonyl (C=O) groups excluding carboxylic acids is 1. The Morgan fingerprint density at radius 1 is 1.24 bits per heavy atom. The first-order valence-corrected chi connectivity index (χ1v) is 9.87. The number of amides is 1. The number of aromatic nitrogens is 2. The van der Waals surface area contributed by atoms with E-state index < -0.39 is 23.1 Å². The first-order valence-electron chi connectivity index (χ1n) is 9.05. The number of thiophene rings is 1. The van der Waals surface area contributed by atoms with E-state index in [0.717, 1.165) is 11.3 Å². The molecule has 2 heterocycles. The number of rotatable bonds is 4. The van der Waals surface area contributed by atoms with Gasteiger partial charge in [-0.25, -0.2) is 13.8 Å². The fourth-order valence-electron chi connectivity index (χ4n) is 3.27. The van der Waals surface area contributed by atoms with Crippen molar-refractivity contribution in [3.63, 3.8) is 0 Å². The van der Waals surface area contributed by atoms with Crippen LogP contribution in [0.2, 0.25) is 0 Å². The number of aryl methyl sites for hydroxylation is 2. The Kier molecular flexibility index (Phi) is 4.87. The van der Waals surface area contributed by atoms with Gasteiger partial charge in [0.05, 0.1) is 10.9 Å². The summed E-state index contributed by atoms with van der Waals surface area (Å²) in [5, 5.41) is 2.96. The summed E-state index contributed by atoms with van der Waals surface area (Å²) in [5.74, 6) is -0.979. The molecule has 29 heavy (non-hydrogen) atoms. The molecule has 0 radical (unpaired) electrons. The van der Waals surface area contributed by atoms with Crippen molar-refractivity contribution >= 4 is 43.2 Å². The van der Waals surface area contributed by atoms with Crippen LogP contribution in [0.25, 0.3) is 20.3 Å². The second-order valence-electron chi connectivity index (χ2n) is 6.67. The van der Waals surface area contributed by atoms with Crippen LogP contribution in [0.3, 0.4) is 0 Å². The van der Waals surface area contributed by atoms with Crippen molar-refractivity contribution in [2.45, 2.75) is 26.8 Å². The highest BCUT2D eigenvalue weighted by Gasteiger charge is 2.19. The molecule has 0 aliphatic carbocycles. The van der Waals surface area contributed by atoms with Gasteiger partial charge in [0.15, 0.2) is 0 Å². The topological polar surface area (TPSA) is 64.0 Å². The van der Waals surface area contributed by atoms with Gasteiger partial charge >= 0.3 is 0 Å². The molecule has 0 saturated heterocycles. The first kappa shape index (κ1) is 19.2. The predicted molar refractivity (Wildman–Crippen MR) is 110 cm³/mol. The van der Waals surface area contributed by atoms with Gasteiger partial charge in [0.1, 0.15) is 28.7 Å². The quantitative estimate of drug-likeness (QED) is 0.539. The summed E-state index contributed by atoms with van der Waals surface area (Å²) in [7, 11) is 0. The van der Waals surface area contributed by atoms with E-state index in [1.54, 1.807) is 25.1 Å². The maximum Gasteiger partial charge on any atom is 0.272 e. The van der Waals surface area contributed by atoms with Crippen molar-refractivity contribution in [1.29, 1.82) is 0 Å². The molecular formula is C21H17F2N3O2S. The molecule has 8 heteroatoms. The van der Waals surface area contributed by atoms with Gasteiger partial charge in [0, 0.05) is 16.8 Å². The van der Waals surface area contributed by atoms with E-state index in [9.17, 15) is 18.4 Å². The molecule has 0 unspecified atom stereocenters. The lowest BCUT2D eigenvalue weighted by molar-refractivity contribution is -0.116. The normalized spacial score (nSPS) is 11.3. The molecule has 148 valence electrons. The van der Waals surface area contributed by atoms with Gasteiger partial charge in [-0.3, -0.25) is 14.2 Å². The van der Waals surface area contributed by atoms with Crippen LogP contribution in [0.15, 0.2) is 41.2 Å². The van der Waals surface area contributed by atoms with E-state index in [4.69, 9.17) is 0 Å². The van der Waals surface area contributed by atoms with E-state index in [-0.39, 0.29) is 6.54 Å². The van der Waals surface area contributed by atoms with Gasteiger partial charge in [-0.05, 0) is 36.8 Å². The van der Waals surface area contributed by atoms with Crippen molar-refractivity contribution in [3.05, 3.63) is 69.8 Å². The second-order valence-corrected chi connectivity index (χ2v) is 7.73. The van der Waals surface area contributed by atoms with Crippen LogP contribution in [-0.2, 0) is 17.8 Å². The average Bonchev–Trinajstić information content (AvgIpc) is 3.07. The van der Waals surface area contributed by atoms with Crippen molar-refractivity contribution < 1.29 is 13.6 Å². The summed E-state index contributed by atoms with van der Waals surface area (Å²) in [6.45, 7) is 3.29. The van der Waals surface area contributed by atoms with E-state index in [0.29, 0.717) is 43.8 Å². The summed E-state index contributed by atoms with van der Waals surface area (Å²) in [6.07, 6.45) is 0.392. The molecule has 0 spiro atoms. The zero-order chi connectivity index (χ0) is 20.7. The third-order valence-corrected chi connectivity index (χ3v) is 5.85. The Hall–Kier alpha value is -3.13. The lowest BCUT2D eigenvalue weighted by Crippen LogP contribution is -2.30. The minimum atomic E-state index is -0.469. The molecule has 0 fully saturated rings. The van der Waals surface area contributed by atoms with Crippen LogP contribution in [0.5, 0.6) is 0 Å². The molecule has 1 amide bonds. The summed E-state index contributed by atoms with van der Waals surface area (Å²) in [6, 6.07) is 8.76. The van der Waals surface area contributed by atoms with Gasteiger partial charge in [-0.2, -0.15) is 0 Å². The minimum Gasteiger partial charge on any atom is -0.324 e. The number of fused-ring (bicyclic) bond motifs is 3. The summed E-state index contributed by atoms with van der Waals surface area (Å²) in [4.78, 5) is 30.1. The Morgan fingerprint density at radius 3 is 2.79 bits per heavy atom. The second kappa shape index (κ2) is 7.36. The van der Waals surface area contributed by atoms with Crippen LogP contribution < -0.4 is 10.9 Å². The van der Waals surface area contributed by atoms with Crippen LogP contribution in [0, 0.1) is 18.6 Å². The summed E-state index contributed by atoms with van der Waals surface area (Å²) >= 11 is 1.15. The molecule has 0 aliphatic rings. The smallest absolute Gasteiger partial charge is 0.272 e. The van der Waals surface area contributed by atoms with Crippen LogP contribution in [0.4, 0.5) is 14.5 Å². The van der Waals surface area contributed by atoms with E-state index in [2.05, 4.69) is 10.3 Å². The number of hydrogen-bond donors (Lipinski definition) is 1. The molecule has 2 aromatic heterocycles. The van der Waals surface area contributed by atoms with E-state index in [1.807, 2.05) is 6.92 Å². The number of anilines is 1. The zero-order valence-corrected chi connectivity index (χ0v) is 16.6. The molecular weight excluding hydrogens is 396 g/mol. The molecule has 0 saturated carbocycles. The van der Waals surface area contributed by atoms with Gasteiger partial charge in [0.2, 0.25) is 5.91 Å². The van der Waals surface area contributed by atoms with Crippen LogP contribution in [0.1, 0.15) is 18.3 Å². The molecule has 0 aliphatic heterocycles. The fourth-order valence-corrected chi connectivity index (χ4v) is 4.37. The standard InChI is InChI=1S/C21H17F2N3O2S/c1-3-16-25-19-18-13(23)5-4-6-15(18)29-20(19)21(28)26(16)10-17(27)24-14-9-12(22)8-7-11(14)2/h4-9H,3,10H2,1-2H3,(H,24,27). The van der Waals surface area contributed by atoms with Gasteiger partial charge < -0.3 is 5.32 Å². The van der Waals surface area contributed by atoms with Crippen LogP contribution >= 0.6 is 11.3 Å². The van der Waals surface area contributed by atoms with Gasteiger partial charge in [-0.1, -0.05) is 19.1 Å². The number of halogens is 2. The Bertz CT molecular complexity index is 1330. The van der Waals surface area contributed by atoms with Crippen molar-refractivity contribution in [3.8, 4) is 0 Å².